The van der Waals surface area contributed by atoms with Gasteiger partial charge in [-0.1, -0.05) is 30.3 Å². The number of hydrogen-bond acceptors (Lipinski definition) is 7. The lowest BCUT2D eigenvalue weighted by Crippen LogP contribution is -2.37. The molecule has 2 amide bonds. The van der Waals surface area contributed by atoms with Gasteiger partial charge in [0.2, 0.25) is 5.91 Å². The van der Waals surface area contributed by atoms with Crippen LogP contribution in [0.3, 0.4) is 0 Å². The number of nitrogens with zero attached hydrogens (tertiary/aromatic N) is 3. The zero-order chi connectivity index (χ0) is 23.1. The Labute approximate surface area is 188 Å². The van der Waals surface area contributed by atoms with Crippen molar-refractivity contribution in [2.75, 3.05) is 17.1 Å². The van der Waals surface area contributed by atoms with E-state index in [0.29, 0.717) is 11.4 Å². The Morgan fingerprint density at radius 3 is 2.30 bits per heavy atom. The van der Waals surface area contributed by atoms with Crippen LogP contribution in [0, 0.1) is 16.0 Å². The summed E-state index contributed by atoms with van der Waals surface area (Å²) in [6.07, 6.45) is -1.02. The molecule has 2 aliphatic rings. The second-order valence-electron chi connectivity index (χ2n) is 7.72. The van der Waals surface area contributed by atoms with Gasteiger partial charge in [0, 0.05) is 12.1 Å². The van der Waals surface area contributed by atoms with Crippen LogP contribution in [0.25, 0.3) is 0 Å². The molecular formula is C24H19N3O6. The lowest BCUT2D eigenvalue weighted by molar-refractivity contribution is -0.384. The van der Waals surface area contributed by atoms with Crippen molar-refractivity contribution in [2.24, 2.45) is 5.92 Å². The summed E-state index contributed by atoms with van der Waals surface area (Å²) in [5, 5.41) is 12.6. The second-order valence-corrected chi connectivity index (χ2v) is 7.72. The van der Waals surface area contributed by atoms with E-state index < -0.39 is 34.8 Å². The van der Waals surface area contributed by atoms with Crippen molar-refractivity contribution in [3.63, 3.8) is 0 Å². The van der Waals surface area contributed by atoms with E-state index in [4.69, 9.17) is 9.57 Å². The molecule has 0 N–H and O–H groups in total. The molecule has 0 spiro atoms. The molecule has 2 aliphatic heterocycles. The highest BCUT2D eigenvalue weighted by molar-refractivity contribution is 6.24. The van der Waals surface area contributed by atoms with E-state index in [9.17, 15) is 19.7 Å². The lowest BCUT2D eigenvalue weighted by Gasteiger charge is -2.29. The van der Waals surface area contributed by atoms with Gasteiger partial charge >= 0.3 is 0 Å². The number of para-hydroxylation sites is 1. The molecule has 0 aliphatic carbocycles. The Hall–Kier alpha value is -4.24. The molecule has 0 aromatic heterocycles. The van der Waals surface area contributed by atoms with Crippen LogP contribution in [-0.4, -0.2) is 30.0 Å². The maximum atomic E-state index is 13.6. The number of non-ortho nitro benzene ring substituents is 1. The average molecular weight is 445 g/mol. The SMILES string of the molecule is COc1cccc([C@@H]2[C@H]3C(=O)N(c4ccc([N+](=O)[O-])cc4)C(=O)[C@H]3ON2c2ccccc2)c1. The fourth-order valence-corrected chi connectivity index (χ4v) is 4.36. The number of carbonyl (C=O) groups is 2. The Balaban J connectivity index is 1.56. The van der Waals surface area contributed by atoms with Crippen molar-refractivity contribution in [1.82, 2.24) is 0 Å². The van der Waals surface area contributed by atoms with Crippen LogP contribution in [0.15, 0.2) is 78.9 Å². The number of ether oxygens (including phenoxy) is 1. The molecule has 2 fully saturated rings. The molecule has 0 bridgehead atoms. The first kappa shape index (κ1) is 20.7. The van der Waals surface area contributed by atoms with Crippen LogP contribution in [-0.2, 0) is 14.4 Å². The van der Waals surface area contributed by atoms with Gasteiger partial charge < -0.3 is 4.74 Å². The Morgan fingerprint density at radius 2 is 1.64 bits per heavy atom. The quantitative estimate of drug-likeness (QED) is 0.336. The van der Waals surface area contributed by atoms with Crippen molar-refractivity contribution >= 4 is 28.9 Å². The van der Waals surface area contributed by atoms with Gasteiger partial charge in [0.05, 0.1) is 29.4 Å². The summed E-state index contributed by atoms with van der Waals surface area (Å²) in [6.45, 7) is 0. The van der Waals surface area contributed by atoms with E-state index >= 15 is 0 Å². The molecule has 3 aromatic rings. The smallest absolute Gasteiger partial charge is 0.269 e. The number of nitro groups is 1. The molecule has 2 saturated heterocycles. The first-order valence-electron chi connectivity index (χ1n) is 10.3. The second kappa shape index (κ2) is 8.03. The standard InChI is InChI=1S/C24H19N3O6/c1-32-19-9-5-6-15(14-19)21-20-22(33-26(21)17-7-3-2-4-8-17)24(29)25(23(20)28)16-10-12-18(13-11-16)27(30)31/h2-14,20-22H,1H3/t20-,21-,22+/m1/s1. The third-order valence-corrected chi connectivity index (χ3v) is 5.88. The highest BCUT2D eigenvalue weighted by atomic mass is 16.7. The molecule has 0 unspecified atom stereocenters. The molecule has 166 valence electrons. The van der Waals surface area contributed by atoms with Gasteiger partial charge in [0.15, 0.2) is 6.10 Å². The zero-order valence-electron chi connectivity index (χ0n) is 17.5. The van der Waals surface area contributed by atoms with Gasteiger partial charge in [-0.05, 0) is 42.0 Å². The number of fused-ring (bicyclic) bond motifs is 1. The zero-order valence-corrected chi connectivity index (χ0v) is 17.5. The third kappa shape index (κ3) is 3.39. The van der Waals surface area contributed by atoms with E-state index in [-0.39, 0.29) is 11.4 Å². The van der Waals surface area contributed by atoms with Gasteiger partial charge in [0.1, 0.15) is 11.7 Å². The summed E-state index contributed by atoms with van der Waals surface area (Å²) < 4.78 is 5.36. The number of nitro benzene ring substituents is 1. The highest BCUT2D eigenvalue weighted by Gasteiger charge is 2.60. The van der Waals surface area contributed by atoms with Crippen molar-refractivity contribution in [3.05, 3.63) is 94.5 Å². The van der Waals surface area contributed by atoms with Crippen molar-refractivity contribution in [1.29, 1.82) is 0 Å². The van der Waals surface area contributed by atoms with E-state index in [0.717, 1.165) is 10.5 Å². The van der Waals surface area contributed by atoms with Crippen LogP contribution < -0.4 is 14.7 Å². The van der Waals surface area contributed by atoms with Crippen molar-refractivity contribution < 1.29 is 24.1 Å². The molecule has 33 heavy (non-hydrogen) atoms. The van der Waals surface area contributed by atoms with Gasteiger partial charge in [-0.15, -0.1) is 0 Å². The number of methoxy groups -OCH3 is 1. The predicted molar refractivity (Wildman–Crippen MR) is 119 cm³/mol. The normalized spacial score (nSPS) is 21.9. The number of hydroxylamine groups is 1. The molecule has 0 radical (unpaired) electrons. The monoisotopic (exact) mass is 445 g/mol. The number of amides is 2. The molecular weight excluding hydrogens is 426 g/mol. The first-order chi connectivity index (χ1) is 16.0. The summed E-state index contributed by atoms with van der Waals surface area (Å²) in [5.41, 5.74) is 1.61. The van der Waals surface area contributed by atoms with E-state index in [1.165, 1.54) is 24.3 Å². The molecule has 3 atom stereocenters. The van der Waals surface area contributed by atoms with Crippen LogP contribution in [0.5, 0.6) is 5.75 Å². The Kier molecular flexibility index (Phi) is 5.02. The fraction of sp³-hybridized carbons (Fsp3) is 0.167. The van der Waals surface area contributed by atoms with E-state index in [1.807, 2.05) is 48.5 Å². The molecule has 3 aromatic carbocycles. The number of rotatable bonds is 5. The Bertz CT molecular complexity index is 1230. The summed E-state index contributed by atoms with van der Waals surface area (Å²) in [5.74, 6) is -1.12. The largest absolute Gasteiger partial charge is 0.497 e. The maximum Gasteiger partial charge on any atom is 0.269 e. The van der Waals surface area contributed by atoms with Gasteiger partial charge in [0.25, 0.3) is 11.6 Å². The minimum Gasteiger partial charge on any atom is -0.497 e. The number of carbonyl (C=O) groups excluding carboxylic acids is 2. The van der Waals surface area contributed by atoms with Crippen LogP contribution in [0.4, 0.5) is 17.1 Å². The number of hydrogen-bond donors (Lipinski definition) is 0. The maximum absolute atomic E-state index is 13.6. The molecule has 9 heteroatoms. The van der Waals surface area contributed by atoms with Crippen LogP contribution >= 0.6 is 0 Å². The molecule has 2 heterocycles. The van der Waals surface area contributed by atoms with Crippen molar-refractivity contribution in [2.45, 2.75) is 12.1 Å². The first-order valence-corrected chi connectivity index (χ1v) is 10.3. The highest BCUT2D eigenvalue weighted by Crippen LogP contribution is 2.48. The van der Waals surface area contributed by atoms with Crippen LogP contribution in [0.1, 0.15) is 11.6 Å². The van der Waals surface area contributed by atoms with Gasteiger partial charge in [-0.2, -0.15) is 0 Å². The fourth-order valence-electron chi connectivity index (χ4n) is 4.36. The molecule has 5 rings (SSSR count). The third-order valence-electron chi connectivity index (χ3n) is 5.88. The number of benzene rings is 3. The number of anilines is 2. The summed E-state index contributed by atoms with van der Waals surface area (Å²) in [4.78, 5) is 44.4. The minimum absolute atomic E-state index is 0.126. The Morgan fingerprint density at radius 1 is 0.909 bits per heavy atom. The van der Waals surface area contributed by atoms with E-state index in [1.54, 1.807) is 18.2 Å². The van der Waals surface area contributed by atoms with Gasteiger partial charge in [-0.25, -0.2) is 9.96 Å². The molecule has 0 saturated carbocycles. The van der Waals surface area contributed by atoms with Gasteiger partial charge in [-0.3, -0.25) is 24.5 Å². The van der Waals surface area contributed by atoms with Crippen LogP contribution in [0.2, 0.25) is 0 Å². The molecule has 9 nitrogen and oxygen atoms in total. The summed E-state index contributed by atoms with van der Waals surface area (Å²) >= 11 is 0. The average Bonchev–Trinajstić information content (AvgIpc) is 3.35. The van der Waals surface area contributed by atoms with E-state index in [2.05, 4.69) is 0 Å². The summed E-state index contributed by atoms with van der Waals surface area (Å²) in [7, 11) is 1.56. The summed E-state index contributed by atoms with van der Waals surface area (Å²) in [6, 6.07) is 21.3. The lowest BCUT2D eigenvalue weighted by atomic mass is 9.90. The minimum atomic E-state index is -1.02. The topological polar surface area (TPSA) is 102 Å². The number of imide groups is 1. The predicted octanol–water partition coefficient (Wildman–Crippen LogP) is 3.65. The van der Waals surface area contributed by atoms with Crippen molar-refractivity contribution in [3.8, 4) is 5.75 Å².